The first-order valence-electron chi connectivity index (χ1n) is 5.90. The van der Waals surface area contributed by atoms with Gasteiger partial charge in [-0.15, -0.1) is 0 Å². The van der Waals surface area contributed by atoms with Crippen LogP contribution < -0.4 is 5.32 Å². The van der Waals surface area contributed by atoms with E-state index in [4.69, 9.17) is 5.11 Å². The second-order valence-corrected chi connectivity index (χ2v) is 5.15. The summed E-state index contributed by atoms with van der Waals surface area (Å²) >= 11 is 0. The maximum Gasteiger partial charge on any atom is 0.335 e. The highest BCUT2D eigenvalue weighted by atomic mass is 19.1. The molecule has 0 atom stereocenters. The van der Waals surface area contributed by atoms with Crippen molar-refractivity contribution in [3.8, 4) is 0 Å². The first kappa shape index (κ1) is 14.4. The third-order valence-corrected chi connectivity index (χ3v) is 2.46. The highest BCUT2D eigenvalue weighted by Crippen LogP contribution is 2.23. The van der Waals surface area contributed by atoms with Gasteiger partial charge in [-0.3, -0.25) is 4.39 Å². The Labute approximate surface area is 106 Å². The number of alkyl halides is 1. The number of hydrogen-bond donors (Lipinski definition) is 2. The molecule has 0 spiro atoms. The molecule has 0 saturated heterocycles. The number of halogens is 1. The molecular formula is C13H19FN2O2. The first-order valence-corrected chi connectivity index (χ1v) is 5.90. The number of carboxylic acid groups (broad SMARTS) is 1. The van der Waals surface area contributed by atoms with Crippen molar-refractivity contribution in [1.82, 2.24) is 4.98 Å². The number of hydrogen-bond acceptors (Lipinski definition) is 3. The smallest absolute Gasteiger partial charge is 0.335 e. The highest BCUT2D eigenvalue weighted by molar-refractivity contribution is 5.88. The minimum Gasteiger partial charge on any atom is -0.478 e. The Kier molecular flexibility index (Phi) is 4.64. The van der Waals surface area contributed by atoms with Gasteiger partial charge < -0.3 is 10.4 Å². The number of rotatable bonds is 5. The van der Waals surface area contributed by atoms with Crippen molar-refractivity contribution in [2.75, 3.05) is 18.5 Å². The van der Waals surface area contributed by atoms with Gasteiger partial charge in [0.1, 0.15) is 5.82 Å². The molecular weight excluding hydrogens is 235 g/mol. The molecule has 5 heteroatoms. The summed E-state index contributed by atoms with van der Waals surface area (Å²) in [7, 11) is 0. The summed E-state index contributed by atoms with van der Waals surface area (Å²) in [6.07, 6.45) is 0.379. The molecule has 0 aliphatic rings. The standard InChI is InChI=1S/C13H19FN2O2/c1-13(2,3)10-7-9(12(17)18)8-11(16-10)15-6-4-5-14/h7-8H,4-6H2,1-3H3,(H,15,16)(H,17,18). The van der Waals surface area contributed by atoms with Gasteiger partial charge in [0.05, 0.1) is 12.2 Å². The SMILES string of the molecule is CC(C)(C)c1cc(C(=O)O)cc(NCCCF)n1. The van der Waals surface area contributed by atoms with Gasteiger partial charge in [-0.05, 0) is 18.6 Å². The van der Waals surface area contributed by atoms with E-state index in [2.05, 4.69) is 10.3 Å². The van der Waals surface area contributed by atoms with Crippen LogP contribution in [0.15, 0.2) is 12.1 Å². The van der Waals surface area contributed by atoms with Crippen LogP contribution in [0.3, 0.4) is 0 Å². The lowest BCUT2D eigenvalue weighted by Gasteiger charge is -2.19. The van der Waals surface area contributed by atoms with Crippen LogP contribution in [0, 0.1) is 0 Å². The lowest BCUT2D eigenvalue weighted by atomic mass is 9.91. The van der Waals surface area contributed by atoms with Crippen molar-refractivity contribution in [2.45, 2.75) is 32.6 Å². The second-order valence-electron chi connectivity index (χ2n) is 5.15. The molecule has 1 heterocycles. The van der Waals surface area contributed by atoms with E-state index >= 15 is 0 Å². The van der Waals surface area contributed by atoms with Gasteiger partial charge in [-0.2, -0.15) is 0 Å². The molecule has 2 N–H and O–H groups in total. The molecule has 0 aliphatic heterocycles. The minimum absolute atomic E-state index is 0.192. The Balaban J connectivity index is 3.03. The Morgan fingerprint density at radius 1 is 1.44 bits per heavy atom. The fraction of sp³-hybridized carbons (Fsp3) is 0.538. The molecule has 0 unspecified atom stereocenters. The highest BCUT2D eigenvalue weighted by Gasteiger charge is 2.18. The Morgan fingerprint density at radius 2 is 2.11 bits per heavy atom. The minimum atomic E-state index is -0.989. The Morgan fingerprint density at radius 3 is 2.61 bits per heavy atom. The summed E-state index contributed by atoms with van der Waals surface area (Å²) < 4.78 is 12.0. The first-order chi connectivity index (χ1) is 8.34. The number of carboxylic acids is 1. The van der Waals surface area contributed by atoms with E-state index in [1.807, 2.05) is 20.8 Å². The molecule has 0 bridgehead atoms. The molecule has 18 heavy (non-hydrogen) atoms. The molecule has 1 aromatic rings. The average molecular weight is 254 g/mol. The molecule has 0 amide bonds. The van der Waals surface area contributed by atoms with Crippen LogP contribution in [0.1, 0.15) is 43.2 Å². The summed E-state index contributed by atoms with van der Waals surface area (Å²) in [5.41, 5.74) is 0.657. The predicted octanol–water partition coefficient (Wildman–Crippen LogP) is 2.85. The third kappa shape index (κ3) is 3.98. The molecule has 1 rings (SSSR count). The number of nitrogens with one attached hydrogen (secondary N) is 1. The molecule has 1 aromatic heterocycles. The van der Waals surface area contributed by atoms with Gasteiger partial charge in [0, 0.05) is 17.7 Å². The van der Waals surface area contributed by atoms with Crippen molar-refractivity contribution in [2.24, 2.45) is 0 Å². The lowest BCUT2D eigenvalue weighted by Crippen LogP contribution is -2.17. The molecule has 0 radical (unpaired) electrons. The topological polar surface area (TPSA) is 62.2 Å². The lowest BCUT2D eigenvalue weighted by molar-refractivity contribution is 0.0696. The van der Waals surface area contributed by atoms with Crippen molar-refractivity contribution < 1.29 is 14.3 Å². The fourth-order valence-corrected chi connectivity index (χ4v) is 1.41. The van der Waals surface area contributed by atoms with Crippen LogP contribution >= 0.6 is 0 Å². The van der Waals surface area contributed by atoms with E-state index in [0.717, 1.165) is 0 Å². The van der Waals surface area contributed by atoms with Gasteiger partial charge in [0.25, 0.3) is 0 Å². The number of nitrogens with zero attached hydrogens (tertiary/aromatic N) is 1. The Hall–Kier alpha value is -1.65. The predicted molar refractivity (Wildman–Crippen MR) is 69.0 cm³/mol. The van der Waals surface area contributed by atoms with Crippen molar-refractivity contribution in [3.63, 3.8) is 0 Å². The zero-order valence-electron chi connectivity index (χ0n) is 11.0. The largest absolute Gasteiger partial charge is 0.478 e. The van der Waals surface area contributed by atoms with Gasteiger partial charge in [0.15, 0.2) is 0 Å². The summed E-state index contributed by atoms with van der Waals surface area (Å²) in [6, 6.07) is 3.04. The summed E-state index contributed by atoms with van der Waals surface area (Å²) in [4.78, 5) is 15.4. The van der Waals surface area contributed by atoms with Crippen LogP contribution in [-0.4, -0.2) is 29.3 Å². The van der Waals surface area contributed by atoms with Crippen LogP contribution in [0.5, 0.6) is 0 Å². The maximum absolute atomic E-state index is 12.0. The quantitative estimate of drug-likeness (QED) is 0.793. The van der Waals surface area contributed by atoms with Crippen LogP contribution in [0.2, 0.25) is 0 Å². The monoisotopic (exact) mass is 254 g/mol. The molecule has 0 saturated carbocycles. The number of pyridine rings is 1. The summed E-state index contributed by atoms with van der Waals surface area (Å²) in [6.45, 7) is 5.93. The Bertz CT molecular complexity index is 427. The maximum atomic E-state index is 12.0. The number of aromatic nitrogens is 1. The van der Waals surface area contributed by atoms with Crippen LogP contribution in [0.25, 0.3) is 0 Å². The van der Waals surface area contributed by atoms with E-state index in [-0.39, 0.29) is 11.0 Å². The van der Waals surface area contributed by atoms with Gasteiger partial charge in [-0.25, -0.2) is 9.78 Å². The molecule has 0 aromatic carbocycles. The van der Waals surface area contributed by atoms with Crippen LogP contribution in [-0.2, 0) is 5.41 Å². The number of anilines is 1. The van der Waals surface area contributed by atoms with Gasteiger partial charge in [-0.1, -0.05) is 20.8 Å². The van der Waals surface area contributed by atoms with E-state index < -0.39 is 12.6 Å². The fourth-order valence-electron chi connectivity index (χ4n) is 1.41. The molecule has 0 fully saturated rings. The average Bonchev–Trinajstić information content (AvgIpc) is 2.28. The van der Waals surface area contributed by atoms with Crippen molar-refractivity contribution >= 4 is 11.8 Å². The van der Waals surface area contributed by atoms with E-state index in [0.29, 0.717) is 24.5 Å². The van der Waals surface area contributed by atoms with Gasteiger partial charge >= 0.3 is 5.97 Å². The zero-order chi connectivity index (χ0) is 13.8. The third-order valence-electron chi connectivity index (χ3n) is 2.46. The molecule has 100 valence electrons. The van der Waals surface area contributed by atoms with E-state index in [1.54, 1.807) is 6.07 Å². The number of aromatic carboxylic acids is 1. The summed E-state index contributed by atoms with van der Waals surface area (Å²) in [5, 5.41) is 12.0. The normalized spacial score (nSPS) is 11.3. The van der Waals surface area contributed by atoms with Gasteiger partial charge in [0.2, 0.25) is 0 Å². The molecule has 4 nitrogen and oxygen atoms in total. The van der Waals surface area contributed by atoms with Crippen molar-refractivity contribution in [3.05, 3.63) is 23.4 Å². The van der Waals surface area contributed by atoms with E-state index in [1.165, 1.54) is 6.07 Å². The van der Waals surface area contributed by atoms with E-state index in [9.17, 15) is 9.18 Å². The second kappa shape index (κ2) is 5.80. The number of carbonyl (C=O) groups is 1. The van der Waals surface area contributed by atoms with Crippen molar-refractivity contribution in [1.29, 1.82) is 0 Å². The molecule has 0 aliphatic carbocycles. The summed E-state index contributed by atoms with van der Waals surface area (Å²) in [5.74, 6) is -0.510. The van der Waals surface area contributed by atoms with Crippen LogP contribution in [0.4, 0.5) is 10.2 Å². The zero-order valence-corrected chi connectivity index (χ0v) is 11.0.